The van der Waals surface area contributed by atoms with Crippen LogP contribution in [0.3, 0.4) is 0 Å². The van der Waals surface area contributed by atoms with Crippen LogP contribution >= 0.6 is 11.3 Å². The van der Waals surface area contributed by atoms with Gasteiger partial charge in [0, 0.05) is 17.5 Å². The Morgan fingerprint density at radius 1 is 1.28 bits per heavy atom. The van der Waals surface area contributed by atoms with E-state index in [9.17, 15) is 4.79 Å². The van der Waals surface area contributed by atoms with Crippen molar-refractivity contribution in [3.63, 3.8) is 0 Å². The van der Waals surface area contributed by atoms with Crippen LogP contribution in [0.5, 0.6) is 5.75 Å². The van der Waals surface area contributed by atoms with Gasteiger partial charge in [0.25, 0.3) is 5.91 Å². The van der Waals surface area contributed by atoms with Gasteiger partial charge in [0.05, 0.1) is 12.0 Å². The van der Waals surface area contributed by atoms with E-state index in [1.165, 1.54) is 16.9 Å². The van der Waals surface area contributed by atoms with E-state index in [2.05, 4.69) is 29.4 Å². The molecular weight excluding hydrogens is 332 g/mol. The third-order valence-corrected chi connectivity index (χ3v) is 5.95. The topological polar surface area (TPSA) is 41.6 Å². The van der Waals surface area contributed by atoms with Crippen LogP contribution < -0.4 is 10.1 Å². The van der Waals surface area contributed by atoms with Crippen molar-refractivity contribution in [2.45, 2.75) is 25.8 Å². The number of nitrogens with one attached hydrogen (secondary N) is 1. The Hall–Kier alpha value is -1.85. The molecule has 1 fully saturated rings. The molecular formula is C20H26N2O2S. The first-order valence-corrected chi connectivity index (χ1v) is 9.59. The zero-order chi connectivity index (χ0) is 17.8. The average Bonchev–Trinajstić information content (AvgIpc) is 3.06. The molecule has 2 heterocycles. The highest BCUT2D eigenvalue weighted by Crippen LogP contribution is 2.35. The number of methoxy groups -OCH3 is 1. The van der Waals surface area contributed by atoms with E-state index in [1.807, 2.05) is 31.2 Å². The van der Waals surface area contributed by atoms with Crippen molar-refractivity contribution in [1.82, 2.24) is 10.2 Å². The lowest BCUT2D eigenvalue weighted by Gasteiger charge is -2.39. The van der Waals surface area contributed by atoms with Crippen molar-refractivity contribution in [2.24, 2.45) is 5.92 Å². The molecule has 0 spiro atoms. The zero-order valence-corrected chi connectivity index (χ0v) is 15.9. The fourth-order valence-corrected chi connectivity index (χ4v) is 4.45. The number of nitrogens with zero attached hydrogens (tertiary/aromatic N) is 1. The quantitative estimate of drug-likeness (QED) is 0.882. The number of aryl methyl sites for hydroxylation is 1. The number of benzene rings is 1. The maximum atomic E-state index is 12.4. The summed E-state index contributed by atoms with van der Waals surface area (Å²) < 4.78 is 5.27. The van der Waals surface area contributed by atoms with Crippen LogP contribution in [0.1, 0.15) is 39.0 Å². The molecule has 2 aromatic rings. The molecule has 134 valence electrons. The second-order valence-electron chi connectivity index (χ2n) is 6.72. The van der Waals surface area contributed by atoms with E-state index in [0.29, 0.717) is 18.5 Å². The van der Waals surface area contributed by atoms with E-state index >= 15 is 0 Å². The highest BCUT2D eigenvalue weighted by Gasteiger charge is 2.30. The molecule has 0 radical (unpaired) electrons. The summed E-state index contributed by atoms with van der Waals surface area (Å²) in [5.41, 5.74) is 1.29. The maximum absolute atomic E-state index is 12.4. The Morgan fingerprint density at radius 3 is 2.68 bits per heavy atom. The van der Waals surface area contributed by atoms with Gasteiger partial charge in [0.1, 0.15) is 5.75 Å². The standard InChI is InChI=1S/C20H26N2O2S/c1-14-6-11-18(25-14)20(23)21-13-16-5-4-12-22(2)19(16)15-7-9-17(24-3)10-8-15/h6-11,16,19H,4-5,12-13H2,1-3H3,(H,21,23). The number of hydrogen-bond donors (Lipinski definition) is 1. The van der Waals surface area contributed by atoms with Crippen LogP contribution in [0.25, 0.3) is 0 Å². The smallest absolute Gasteiger partial charge is 0.261 e. The number of thiophene rings is 1. The first-order chi connectivity index (χ1) is 12.1. The predicted octanol–water partition coefficient (Wildman–Crippen LogP) is 3.88. The van der Waals surface area contributed by atoms with Crippen LogP contribution in [-0.4, -0.2) is 38.1 Å². The Kier molecular flexibility index (Phi) is 5.76. The number of ether oxygens (including phenoxy) is 1. The number of rotatable bonds is 5. The first kappa shape index (κ1) is 18.0. The monoisotopic (exact) mass is 358 g/mol. The molecule has 5 heteroatoms. The molecule has 3 rings (SSSR count). The molecule has 1 aromatic carbocycles. The third kappa shape index (κ3) is 4.22. The van der Waals surface area contributed by atoms with Crippen molar-refractivity contribution < 1.29 is 9.53 Å². The van der Waals surface area contributed by atoms with Crippen molar-refractivity contribution in [3.8, 4) is 5.75 Å². The van der Waals surface area contributed by atoms with Gasteiger partial charge in [0.15, 0.2) is 0 Å². The summed E-state index contributed by atoms with van der Waals surface area (Å²) >= 11 is 1.55. The van der Waals surface area contributed by atoms with Crippen LogP contribution in [0.15, 0.2) is 36.4 Å². The molecule has 0 saturated carbocycles. The Bertz CT molecular complexity index is 711. The predicted molar refractivity (Wildman–Crippen MR) is 102 cm³/mol. The minimum absolute atomic E-state index is 0.0415. The summed E-state index contributed by atoms with van der Waals surface area (Å²) in [6.07, 6.45) is 2.30. The Labute approximate surface area is 153 Å². The summed E-state index contributed by atoms with van der Waals surface area (Å²) in [5, 5.41) is 3.14. The SMILES string of the molecule is COc1ccc(C2C(CNC(=O)c3ccc(C)s3)CCCN2C)cc1. The molecule has 2 atom stereocenters. The number of amides is 1. The van der Waals surface area contributed by atoms with Gasteiger partial charge < -0.3 is 10.1 Å². The van der Waals surface area contributed by atoms with E-state index in [0.717, 1.165) is 23.6 Å². The molecule has 1 amide bonds. The lowest BCUT2D eigenvalue weighted by atomic mass is 9.85. The van der Waals surface area contributed by atoms with E-state index in [4.69, 9.17) is 4.74 Å². The minimum atomic E-state index is 0.0415. The van der Waals surface area contributed by atoms with Crippen LogP contribution in [-0.2, 0) is 0 Å². The van der Waals surface area contributed by atoms with Gasteiger partial charge in [-0.2, -0.15) is 0 Å². The van der Waals surface area contributed by atoms with Gasteiger partial charge in [-0.3, -0.25) is 9.69 Å². The van der Waals surface area contributed by atoms with Crippen LogP contribution in [0.2, 0.25) is 0 Å². The van der Waals surface area contributed by atoms with Crippen molar-refractivity contribution in [1.29, 1.82) is 0 Å². The molecule has 25 heavy (non-hydrogen) atoms. The largest absolute Gasteiger partial charge is 0.497 e. The molecule has 1 aliphatic heterocycles. The van der Waals surface area contributed by atoms with E-state index < -0.39 is 0 Å². The van der Waals surface area contributed by atoms with E-state index in [1.54, 1.807) is 18.4 Å². The van der Waals surface area contributed by atoms with Crippen molar-refractivity contribution in [2.75, 3.05) is 27.2 Å². The number of likely N-dealkylation sites (tertiary alicyclic amines) is 1. The van der Waals surface area contributed by atoms with Gasteiger partial charge in [-0.05, 0) is 69.1 Å². The van der Waals surface area contributed by atoms with Gasteiger partial charge in [-0.25, -0.2) is 0 Å². The molecule has 1 aliphatic rings. The average molecular weight is 359 g/mol. The van der Waals surface area contributed by atoms with Crippen molar-refractivity contribution in [3.05, 3.63) is 51.7 Å². The lowest BCUT2D eigenvalue weighted by molar-refractivity contribution is 0.0895. The van der Waals surface area contributed by atoms with Gasteiger partial charge >= 0.3 is 0 Å². The van der Waals surface area contributed by atoms with Gasteiger partial charge in [0.2, 0.25) is 0 Å². The fourth-order valence-electron chi connectivity index (χ4n) is 3.67. The summed E-state index contributed by atoms with van der Waals surface area (Å²) in [6.45, 7) is 3.82. The van der Waals surface area contributed by atoms with Crippen LogP contribution in [0.4, 0.5) is 0 Å². The van der Waals surface area contributed by atoms with Crippen molar-refractivity contribution >= 4 is 17.2 Å². The number of piperidine rings is 1. The summed E-state index contributed by atoms with van der Waals surface area (Å²) in [7, 11) is 3.86. The maximum Gasteiger partial charge on any atom is 0.261 e. The highest BCUT2D eigenvalue weighted by atomic mass is 32.1. The minimum Gasteiger partial charge on any atom is -0.497 e. The molecule has 1 saturated heterocycles. The molecule has 2 unspecified atom stereocenters. The zero-order valence-electron chi connectivity index (χ0n) is 15.1. The van der Waals surface area contributed by atoms with Gasteiger partial charge in [-0.15, -0.1) is 11.3 Å². The molecule has 0 bridgehead atoms. The summed E-state index contributed by atoms with van der Waals surface area (Å²) in [4.78, 5) is 16.7. The number of carbonyl (C=O) groups is 1. The van der Waals surface area contributed by atoms with E-state index in [-0.39, 0.29) is 5.91 Å². The van der Waals surface area contributed by atoms with Crippen LogP contribution in [0, 0.1) is 12.8 Å². The number of carbonyl (C=O) groups excluding carboxylic acids is 1. The normalized spacial score (nSPS) is 21.1. The molecule has 0 aliphatic carbocycles. The first-order valence-electron chi connectivity index (χ1n) is 8.77. The molecule has 1 N–H and O–H groups in total. The third-order valence-electron chi connectivity index (χ3n) is 4.95. The summed E-state index contributed by atoms with van der Waals surface area (Å²) in [5.74, 6) is 1.33. The second kappa shape index (κ2) is 8.02. The second-order valence-corrected chi connectivity index (χ2v) is 8.01. The molecule has 1 aromatic heterocycles. The lowest BCUT2D eigenvalue weighted by Crippen LogP contribution is -2.41. The Morgan fingerprint density at radius 2 is 2.04 bits per heavy atom. The highest BCUT2D eigenvalue weighted by molar-refractivity contribution is 7.13. The molecule has 4 nitrogen and oxygen atoms in total. The number of hydrogen-bond acceptors (Lipinski definition) is 4. The Balaban J connectivity index is 1.69. The summed E-state index contributed by atoms with van der Waals surface area (Å²) in [6, 6.07) is 12.5. The fraction of sp³-hybridized carbons (Fsp3) is 0.450. The van der Waals surface area contributed by atoms with Gasteiger partial charge in [-0.1, -0.05) is 12.1 Å².